The van der Waals surface area contributed by atoms with Gasteiger partial charge in [-0.05, 0) is 39.3 Å². The molecule has 2 N–H and O–H groups in total. The van der Waals surface area contributed by atoms with Gasteiger partial charge in [0.1, 0.15) is 5.54 Å². The minimum Gasteiger partial charge on any atom is -0.480 e. The van der Waals surface area contributed by atoms with Gasteiger partial charge in [0.05, 0.1) is 12.2 Å². The molecule has 1 rings (SSSR count). The third kappa shape index (κ3) is 5.21. The number of rotatable bonds is 10. The Kier molecular flexibility index (Phi) is 7.59. The van der Waals surface area contributed by atoms with Gasteiger partial charge in [0.2, 0.25) is 0 Å². The van der Waals surface area contributed by atoms with E-state index in [0.29, 0.717) is 13.0 Å². The first-order valence-corrected chi connectivity index (χ1v) is 7.73. The molecule has 1 aliphatic rings. The third-order valence-electron chi connectivity index (χ3n) is 4.34. The van der Waals surface area contributed by atoms with Gasteiger partial charge in [0.15, 0.2) is 0 Å². The molecule has 3 unspecified atom stereocenters. The lowest BCUT2D eigenvalue weighted by Gasteiger charge is -2.26. The molecule has 0 aliphatic carbocycles. The van der Waals surface area contributed by atoms with Gasteiger partial charge in [-0.2, -0.15) is 0 Å². The van der Waals surface area contributed by atoms with E-state index in [1.165, 1.54) is 0 Å². The Morgan fingerprint density at radius 3 is 2.29 bits per heavy atom. The predicted molar refractivity (Wildman–Crippen MR) is 81.6 cm³/mol. The summed E-state index contributed by atoms with van der Waals surface area (Å²) in [7, 11) is 3.43. The van der Waals surface area contributed by atoms with Crippen LogP contribution in [-0.4, -0.2) is 74.1 Å². The first-order valence-electron chi connectivity index (χ1n) is 7.73. The first kappa shape index (κ1) is 18.4. The molecule has 0 spiro atoms. The highest BCUT2D eigenvalue weighted by molar-refractivity contribution is 5.78. The minimum absolute atomic E-state index is 0.140. The van der Waals surface area contributed by atoms with E-state index in [2.05, 4.69) is 10.2 Å². The maximum Gasteiger partial charge on any atom is 0.323 e. The highest BCUT2D eigenvalue weighted by atomic mass is 16.5. The summed E-state index contributed by atoms with van der Waals surface area (Å²) in [6, 6.07) is 0. The van der Waals surface area contributed by atoms with Gasteiger partial charge in [0.25, 0.3) is 0 Å². The van der Waals surface area contributed by atoms with E-state index >= 15 is 0 Å². The zero-order valence-electron chi connectivity index (χ0n) is 13.7. The monoisotopic (exact) mass is 302 g/mol. The van der Waals surface area contributed by atoms with Gasteiger partial charge in [0, 0.05) is 27.3 Å². The molecule has 1 aliphatic heterocycles. The molecule has 1 heterocycles. The summed E-state index contributed by atoms with van der Waals surface area (Å²) < 4.78 is 10.8. The van der Waals surface area contributed by atoms with Crippen LogP contribution in [0.4, 0.5) is 0 Å². The van der Waals surface area contributed by atoms with Crippen LogP contribution >= 0.6 is 0 Å². The Morgan fingerprint density at radius 2 is 1.86 bits per heavy atom. The number of carbonyl (C=O) groups is 1. The number of ether oxygens (including phenoxy) is 2. The van der Waals surface area contributed by atoms with Crippen molar-refractivity contribution in [2.45, 2.75) is 50.9 Å². The molecule has 0 radical (unpaired) electrons. The van der Waals surface area contributed by atoms with E-state index in [0.717, 1.165) is 32.5 Å². The molecule has 6 nitrogen and oxygen atoms in total. The molecular weight excluding hydrogens is 272 g/mol. The van der Waals surface area contributed by atoms with Crippen molar-refractivity contribution in [1.29, 1.82) is 0 Å². The summed E-state index contributed by atoms with van der Waals surface area (Å²) in [6.45, 7) is 7.09. The van der Waals surface area contributed by atoms with Gasteiger partial charge < -0.3 is 19.9 Å². The normalized spacial score (nSPS) is 25.9. The Labute approximate surface area is 127 Å². The minimum atomic E-state index is -0.816. The van der Waals surface area contributed by atoms with Crippen LogP contribution in [0.2, 0.25) is 0 Å². The summed E-state index contributed by atoms with van der Waals surface area (Å²) >= 11 is 0. The van der Waals surface area contributed by atoms with Gasteiger partial charge in [-0.25, -0.2) is 0 Å². The Morgan fingerprint density at radius 1 is 1.29 bits per heavy atom. The van der Waals surface area contributed by atoms with Gasteiger partial charge in [-0.3, -0.25) is 9.69 Å². The number of carboxylic acids is 1. The van der Waals surface area contributed by atoms with Crippen LogP contribution in [0.25, 0.3) is 0 Å². The largest absolute Gasteiger partial charge is 0.480 e. The van der Waals surface area contributed by atoms with Crippen molar-refractivity contribution in [3.05, 3.63) is 0 Å². The summed E-state index contributed by atoms with van der Waals surface area (Å²) in [6.07, 6.45) is 2.80. The molecule has 6 heteroatoms. The SMILES string of the molecule is CCNC(C)(CCCCN1CC(OC)C(OC)C1)C(=O)O. The number of aliphatic carboxylic acids is 1. The van der Waals surface area contributed by atoms with Crippen LogP contribution < -0.4 is 5.32 Å². The van der Waals surface area contributed by atoms with E-state index < -0.39 is 11.5 Å². The quantitative estimate of drug-likeness (QED) is 0.586. The Bertz CT molecular complexity index is 315. The Balaban J connectivity index is 2.29. The fraction of sp³-hybridized carbons (Fsp3) is 0.933. The molecule has 0 bridgehead atoms. The smallest absolute Gasteiger partial charge is 0.323 e. The molecule has 21 heavy (non-hydrogen) atoms. The number of methoxy groups -OCH3 is 2. The van der Waals surface area contributed by atoms with Gasteiger partial charge in [-0.1, -0.05) is 6.92 Å². The third-order valence-corrected chi connectivity index (χ3v) is 4.34. The Hall–Kier alpha value is -0.690. The van der Waals surface area contributed by atoms with Gasteiger partial charge >= 0.3 is 5.97 Å². The summed E-state index contributed by atoms with van der Waals surface area (Å²) in [5.41, 5.74) is -0.816. The van der Waals surface area contributed by atoms with Crippen molar-refractivity contribution in [2.24, 2.45) is 0 Å². The maximum atomic E-state index is 11.3. The average molecular weight is 302 g/mol. The number of nitrogens with zero attached hydrogens (tertiary/aromatic N) is 1. The van der Waals surface area contributed by atoms with E-state index in [9.17, 15) is 9.90 Å². The molecule has 1 saturated heterocycles. The zero-order chi connectivity index (χ0) is 15.9. The molecule has 3 atom stereocenters. The maximum absolute atomic E-state index is 11.3. The second-order valence-corrected chi connectivity index (χ2v) is 5.93. The topological polar surface area (TPSA) is 71.0 Å². The van der Waals surface area contributed by atoms with Crippen LogP contribution in [0.1, 0.15) is 33.1 Å². The van der Waals surface area contributed by atoms with Crippen molar-refractivity contribution in [3.8, 4) is 0 Å². The number of hydrogen-bond acceptors (Lipinski definition) is 5. The molecule has 0 amide bonds. The standard InChI is InChI=1S/C15H30N2O4/c1-5-16-15(2,14(18)19)8-6-7-9-17-10-12(20-3)13(11-17)21-4/h12-13,16H,5-11H2,1-4H3,(H,18,19). The number of likely N-dealkylation sites (N-methyl/N-ethyl adjacent to an activating group) is 1. The fourth-order valence-corrected chi connectivity index (χ4v) is 2.93. The van der Waals surface area contributed by atoms with Crippen LogP contribution in [0.5, 0.6) is 0 Å². The van der Waals surface area contributed by atoms with Crippen LogP contribution in [0.15, 0.2) is 0 Å². The molecule has 124 valence electrons. The molecule has 0 saturated carbocycles. The number of carboxylic acid groups (broad SMARTS) is 1. The summed E-state index contributed by atoms with van der Waals surface area (Å²) in [4.78, 5) is 13.6. The van der Waals surface area contributed by atoms with Crippen LogP contribution in [0, 0.1) is 0 Å². The molecular formula is C15H30N2O4. The predicted octanol–water partition coefficient (Wildman–Crippen LogP) is 0.955. The fourth-order valence-electron chi connectivity index (χ4n) is 2.93. The lowest BCUT2D eigenvalue weighted by Crippen LogP contribution is -2.49. The summed E-state index contributed by atoms with van der Waals surface area (Å²) in [5.74, 6) is -0.774. The number of unbranched alkanes of at least 4 members (excludes halogenated alkanes) is 1. The summed E-state index contributed by atoms with van der Waals surface area (Å²) in [5, 5.41) is 12.4. The van der Waals surface area contributed by atoms with Gasteiger partial charge in [-0.15, -0.1) is 0 Å². The first-order chi connectivity index (χ1) is 9.96. The van der Waals surface area contributed by atoms with E-state index in [1.54, 1.807) is 21.1 Å². The molecule has 1 fully saturated rings. The van der Waals surface area contributed by atoms with Crippen molar-refractivity contribution >= 4 is 5.97 Å². The average Bonchev–Trinajstić information content (AvgIpc) is 2.86. The van der Waals surface area contributed by atoms with E-state index in [1.807, 2.05) is 6.92 Å². The highest BCUT2D eigenvalue weighted by Gasteiger charge is 2.33. The van der Waals surface area contributed by atoms with Crippen molar-refractivity contribution in [3.63, 3.8) is 0 Å². The number of likely N-dealkylation sites (tertiary alicyclic amines) is 1. The molecule has 0 aromatic rings. The lowest BCUT2D eigenvalue weighted by atomic mass is 9.95. The van der Waals surface area contributed by atoms with Crippen LogP contribution in [-0.2, 0) is 14.3 Å². The second-order valence-electron chi connectivity index (χ2n) is 5.93. The zero-order valence-corrected chi connectivity index (χ0v) is 13.7. The highest BCUT2D eigenvalue weighted by Crippen LogP contribution is 2.18. The van der Waals surface area contributed by atoms with E-state index in [4.69, 9.17) is 9.47 Å². The van der Waals surface area contributed by atoms with Crippen molar-refractivity contribution in [1.82, 2.24) is 10.2 Å². The lowest BCUT2D eigenvalue weighted by molar-refractivity contribution is -0.144. The number of hydrogen-bond donors (Lipinski definition) is 2. The van der Waals surface area contributed by atoms with Crippen LogP contribution in [0.3, 0.4) is 0 Å². The van der Waals surface area contributed by atoms with E-state index in [-0.39, 0.29) is 12.2 Å². The second kappa shape index (κ2) is 8.68. The molecule has 0 aromatic heterocycles. The molecule has 0 aromatic carbocycles. The van der Waals surface area contributed by atoms with Crippen molar-refractivity contribution in [2.75, 3.05) is 40.4 Å². The van der Waals surface area contributed by atoms with Crippen molar-refractivity contribution < 1.29 is 19.4 Å². The number of nitrogens with one attached hydrogen (secondary N) is 1.